The Kier molecular flexibility index (Phi) is 5.17. The van der Waals surface area contributed by atoms with Crippen molar-refractivity contribution < 1.29 is 9.59 Å². The van der Waals surface area contributed by atoms with Gasteiger partial charge in [-0.25, -0.2) is 4.99 Å². The van der Waals surface area contributed by atoms with Crippen molar-refractivity contribution in [2.75, 3.05) is 5.32 Å². The molecule has 0 bridgehead atoms. The van der Waals surface area contributed by atoms with Crippen LogP contribution in [0.1, 0.15) is 18.4 Å². The third kappa shape index (κ3) is 4.30. The van der Waals surface area contributed by atoms with Gasteiger partial charge in [0.1, 0.15) is 0 Å². The molecule has 0 unspecified atom stereocenters. The van der Waals surface area contributed by atoms with Crippen molar-refractivity contribution in [2.24, 2.45) is 10.9 Å². The molecule has 7 nitrogen and oxygen atoms in total. The maximum atomic E-state index is 12.4. The summed E-state index contributed by atoms with van der Waals surface area (Å²) in [7, 11) is 0. The van der Waals surface area contributed by atoms with E-state index in [1.54, 1.807) is 36.7 Å². The Morgan fingerprint density at radius 1 is 1.19 bits per heavy atom. The number of benzene rings is 2. The zero-order chi connectivity index (χ0) is 21.4. The van der Waals surface area contributed by atoms with Gasteiger partial charge in [-0.05, 0) is 60.5 Å². The maximum Gasteiger partial charge on any atom is 0.264 e. The first-order valence-corrected chi connectivity index (χ1v) is 10.9. The second kappa shape index (κ2) is 8.13. The highest BCUT2D eigenvalue weighted by atomic mass is 35.5. The number of aliphatic imine (C=N–C) groups is 1. The van der Waals surface area contributed by atoms with Crippen molar-refractivity contribution in [1.82, 2.24) is 15.3 Å². The van der Waals surface area contributed by atoms with Crippen LogP contribution in [0.5, 0.6) is 0 Å². The van der Waals surface area contributed by atoms with Gasteiger partial charge in [0, 0.05) is 18.3 Å². The minimum atomic E-state index is -0.239. The maximum absolute atomic E-state index is 12.4. The fourth-order valence-corrected chi connectivity index (χ4v) is 4.14. The van der Waals surface area contributed by atoms with E-state index in [0.717, 1.165) is 29.4 Å². The van der Waals surface area contributed by atoms with Gasteiger partial charge in [0.05, 0.1) is 32.3 Å². The number of halogens is 1. The number of anilines is 1. The summed E-state index contributed by atoms with van der Waals surface area (Å²) < 4.78 is 0. The van der Waals surface area contributed by atoms with E-state index in [4.69, 9.17) is 11.6 Å². The van der Waals surface area contributed by atoms with Crippen molar-refractivity contribution in [2.45, 2.75) is 12.8 Å². The molecule has 1 aromatic heterocycles. The van der Waals surface area contributed by atoms with Gasteiger partial charge in [-0.3, -0.25) is 19.6 Å². The summed E-state index contributed by atoms with van der Waals surface area (Å²) >= 11 is 7.67. The molecule has 154 valence electrons. The summed E-state index contributed by atoms with van der Waals surface area (Å²) in [5.74, 6) is -0.192. The van der Waals surface area contributed by atoms with Crippen LogP contribution in [0.15, 0.2) is 58.7 Å². The lowest BCUT2D eigenvalue weighted by Crippen LogP contribution is -2.19. The van der Waals surface area contributed by atoms with E-state index in [-0.39, 0.29) is 17.7 Å². The standard InChI is InChI=1S/C22H16ClN5O2S/c23-19-15(26-20(29)13-5-6-13)2-1-3-16(19)27-22-28-21(30)18(31-22)11-12-4-7-14-17(10-12)25-9-8-24-14/h1-4,7-11,13H,5-6H2,(H,26,29)(H,27,28,30)/b18-11+. The van der Waals surface area contributed by atoms with E-state index >= 15 is 0 Å². The molecule has 1 aliphatic heterocycles. The number of hydrogen-bond acceptors (Lipinski definition) is 6. The van der Waals surface area contributed by atoms with E-state index < -0.39 is 0 Å². The number of carbonyl (C=O) groups excluding carboxylic acids is 2. The van der Waals surface area contributed by atoms with Crippen molar-refractivity contribution >= 4 is 68.8 Å². The molecule has 1 saturated heterocycles. The van der Waals surface area contributed by atoms with Crippen LogP contribution in [0, 0.1) is 5.92 Å². The van der Waals surface area contributed by atoms with E-state index in [2.05, 4.69) is 25.6 Å². The van der Waals surface area contributed by atoms with Crippen LogP contribution in [-0.4, -0.2) is 26.9 Å². The largest absolute Gasteiger partial charge is 0.324 e. The van der Waals surface area contributed by atoms with E-state index in [1.165, 1.54) is 11.8 Å². The number of rotatable bonds is 4. The van der Waals surface area contributed by atoms with E-state index in [0.29, 0.717) is 26.5 Å². The van der Waals surface area contributed by atoms with Gasteiger partial charge < -0.3 is 10.6 Å². The van der Waals surface area contributed by atoms with Crippen LogP contribution in [0.2, 0.25) is 5.02 Å². The molecule has 0 atom stereocenters. The van der Waals surface area contributed by atoms with Crippen LogP contribution in [0.25, 0.3) is 17.1 Å². The highest BCUT2D eigenvalue weighted by Gasteiger charge is 2.30. The summed E-state index contributed by atoms with van der Waals surface area (Å²) in [4.78, 5) is 38.0. The molecular weight excluding hydrogens is 434 g/mol. The molecule has 1 saturated carbocycles. The first-order chi connectivity index (χ1) is 15.1. The zero-order valence-electron chi connectivity index (χ0n) is 16.1. The molecule has 0 spiro atoms. The first kappa shape index (κ1) is 19.7. The van der Waals surface area contributed by atoms with Crippen molar-refractivity contribution in [3.8, 4) is 0 Å². The lowest BCUT2D eigenvalue weighted by Gasteiger charge is -2.08. The normalized spacial score (nSPS) is 18.5. The van der Waals surface area contributed by atoms with E-state index in [1.807, 2.05) is 18.2 Å². The number of amides is 2. The molecule has 2 fully saturated rings. The fraction of sp³-hybridized carbons (Fsp3) is 0.136. The molecule has 5 rings (SSSR count). The van der Waals surface area contributed by atoms with Gasteiger partial charge in [-0.15, -0.1) is 0 Å². The van der Waals surface area contributed by atoms with E-state index in [9.17, 15) is 9.59 Å². The lowest BCUT2D eigenvalue weighted by atomic mass is 10.2. The van der Waals surface area contributed by atoms with Gasteiger partial charge in [-0.1, -0.05) is 23.7 Å². The summed E-state index contributed by atoms with van der Waals surface area (Å²) in [5, 5.41) is 6.36. The molecule has 2 aromatic carbocycles. The first-order valence-electron chi connectivity index (χ1n) is 9.66. The highest BCUT2D eigenvalue weighted by Crippen LogP contribution is 2.37. The van der Waals surface area contributed by atoms with Crippen molar-refractivity contribution in [1.29, 1.82) is 0 Å². The Labute approximate surface area is 187 Å². The Morgan fingerprint density at radius 3 is 2.81 bits per heavy atom. The van der Waals surface area contributed by atoms with Crippen LogP contribution in [0.3, 0.4) is 0 Å². The Balaban J connectivity index is 1.37. The molecule has 2 N–H and O–H groups in total. The lowest BCUT2D eigenvalue weighted by molar-refractivity contribution is -0.117. The molecule has 31 heavy (non-hydrogen) atoms. The fourth-order valence-electron chi connectivity index (χ4n) is 3.09. The van der Waals surface area contributed by atoms with Crippen molar-refractivity contribution in [3.63, 3.8) is 0 Å². The number of hydrogen-bond donors (Lipinski definition) is 2. The third-order valence-electron chi connectivity index (χ3n) is 4.85. The summed E-state index contributed by atoms with van der Waals surface area (Å²) in [5.41, 5.74) is 3.38. The molecule has 2 amide bonds. The Morgan fingerprint density at radius 2 is 2.00 bits per heavy atom. The third-order valence-corrected chi connectivity index (χ3v) is 6.16. The van der Waals surface area contributed by atoms with Gasteiger partial charge in [0.2, 0.25) is 5.91 Å². The molecule has 0 radical (unpaired) electrons. The quantitative estimate of drug-likeness (QED) is 0.571. The SMILES string of the molecule is O=C1NC(=Nc2cccc(NC(=O)C3CC3)c2Cl)S/C1=C/c1ccc2nccnc2c1. The summed E-state index contributed by atoms with van der Waals surface area (Å²) in [6.45, 7) is 0. The molecule has 2 aliphatic rings. The molecule has 3 aromatic rings. The number of nitrogens with zero attached hydrogens (tertiary/aromatic N) is 3. The smallest absolute Gasteiger partial charge is 0.264 e. The number of carbonyl (C=O) groups is 2. The average Bonchev–Trinajstić information content (AvgIpc) is 3.56. The number of nitrogens with one attached hydrogen (secondary N) is 2. The predicted octanol–water partition coefficient (Wildman–Crippen LogP) is 4.52. The van der Waals surface area contributed by atoms with Crippen LogP contribution in [-0.2, 0) is 9.59 Å². The van der Waals surface area contributed by atoms with Crippen LogP contribution in [0.4, 0.5) is 11.4 Å². The number of amidine groups is 1. The zero-order valence-corrected chi connectivity index (χ0v) is 17.7. The van der Waals surface area contributed by atoms with Crippen molar-refractivity contribution in [3.05, 3.63) is 64.3 Å². The molecular formula is C22H16ClN5O2S. The highest BCUT2D eigenvalue weighted by molar-refractivity contribution is 8.18. The second-order valence-electron chi connectivity index (χ2n) is 7.19. The summed E-state index contributed by atoms with van der Waals surface area (Å²) in [6, 6.07) is 10.9. The molecule has 2 heterocycles. The second-order valence-corrected chi connectivity index (χ2v) is 8.60. The molecule has 1 aliphatic carbocycles. The molecule has 9 heteroatoms. The van der Waals surface area contributed by atoms with Gasteiger partial charge in [0.25, 0.3) is 5.91 Å². The van der Waals surface area contributed by atoms with Gasteiger partial charge >= 0.3 is 0 Å². The monoisotopic (exact) mass is 449 g/mol. The Hall–Kier alpha value is -3.23. The average molecular weight is 450 g/mol. The number of aromatic nitrogens is 2. The van der Waals surface area contributed by atoms with Crippen LogP contribution < -0.4 is 10.6 Å². The van der Waals surface area contributed by atoms with Gasteiger partial charge in [0.15, 0.2) is 5.17 Å². The number of fused-ring (bicyclic) bond motifs is 1. The minimum Gasteiger partial charge on any atom is -0.324 e. The van der Waals surface area contributed by atoms with Crippen LogP contribution >= 0.6 is 23.4 Å². The minimum absolute atomic E-state index is 0.0273. The number of thioether (sulfide) groups is 1. The van der Waals surface area contributed by atoms with Gasteiger partial charge in [-0.2, -0.15) is 0 Å². The predicted molar refractivity (Wildman–Crippen MR) is 123 cm³/mol. The summed E-state index contributed by atoms with van der Waals surface area (Å²) in [6.07, 6.45) is 6.87. The Bertz CT molecular complexity index is 1290. The topological polar surface area (TPSA) is 96.3 Å².